The quantitative estimate of drug-likeness (QED) is 0.708. The molecule has 0 bridgehead atoms. The third kappa shape index (κ3) is 2.59. The van der Waals surface area contributed by atoms with Gasteiger partial charge in [-0.1, -0.05) is 12.7 Å². The Morgan fingerprint density at radius 1 is 1.40 bits per heavy atom. The normalized spacial score (nSPS) is 9.53. The summed E-state index contributed by atoms with van der Waals surface area (Å²) in [6.07, 6.45) is 1.71. The second-order valence-corrected chi connectivity index (χ2v) is 3.40. The fourth-order valence-corrected chi connectivity index (χ4v) is 1.25. The molecule has 0 amide bonds. The van der Waals surface area contributed by atoms with Crippen LogP contribution in [0.3, 0.4) is 0 Å². The van der Waals surface area contributed by atoms with E-state index in [0.717, 1.165) is 11.3 Å². The number of hydrogen-bond acceptors (Lipinski definition) is 3. The first-order valence-electron chi connectivity index (χ1n) is 4.61. The average molecular weight is 205 g/mol. The molecular formula is C12H15NO2. The molecule has 0 N–H and O–H groups in total. The third-order valence-electron chi connectivity index (χ3n) is 2.11. The van der Waals surface area contributed by atoms with Crippen molar-refractivity contribution in [3.63, 3.8) is 0 Å². The van der Waals surface area contributed by atoms with Crippen molar-refractivity contribution >= 4 is 17.7 Å². The first kappa shape index (κ1) is 11.3. The number of esters is 1. The summed E-state index contributed by atoms with van der Waals surface area (Å²) in [6, 6.07) is 5.50. The van der Waals surface area contributed by atoms with E-state index in [-0.39, 0.29) is 5.97 Å². The lowest BCUT2D eigenvalue weighted by Crippen LogP contribution is -2.10. The third-order valence-corrected chi connectivity index (χ3v) is 2.11. The molecule has 80 valence electrons. The molecular weight excluding hydrogens is 190 g/mol. The maximum atomic E-state index is 11.4. The summed E-state index contributed by atoms with van der Waals surface area (Å²) in [6.45, 7) is 3.69. The number of hydrogen-bond donors (Lipinski definition) is 0. The molecule has 1 aromatic rings. The highest BCUT2D eigenvalue weighted by Gasteiger charge is 2.08. The zero-order valence-corrected chi connectivity index (χ0v) is 9.28. The van der Waals surface area contributed by atoms with Gasteiger partial charge in [0.05, 0.1) is 12.7 Å². The highest BCUT2D eigenvalue weighted by atomic mass is 16.5. The van der Waals surface area contributed by atoms with Crippen molar-refractivity contribution in [3.8, 4) is 0 Å². The van der Waals surface area contributed by atoms with Crippen LogP contribution >= 0.6 is 0 Å². The molecule has 0 saturated heterocycles. The molecule has 0 aromatic heterocycles. The van der Waals surface area contributed by atoms with Crippen molar-refractivity contribution in [2.24, 2.45) is 0 Å². The first-order chi connectivity index (χ1) is 7.08. The summed E-state index contributed by atoms with van der Waals surface area (Å²) in [5, 5.41) is 0. The summed E-state index contributed by atoms with van der Waals surface area (Å²) in [7, 11) is 5.21. The summed E-state index contributed by atoms with van der Waals surface area (Å²) in [5.74, 6) is -0.332. The molecule has 0 spiro atoms. The van der Waals surface area contributed by atoms with E-state index in [0.29, 0.717) is 5.56 Å². The van der Waals surface area contributed by atoms with Crippen LogP contribution in [0.25, 0.3) is 6.08 Å². The smallest absolute Gasteiger partial charge is 0.337 e. The molecule has 3 heteroatoms. The van der Waals surface area contributed by atoms with E-state index < -0.39 is 0 Å². The van der Waals surface area contributed by atoms with Crippen LogP contribution in [-0.2, 0) is 4.74 Å². The van der Waals surface area contributed by atoms with E-state index in [1.165, 1.54) is 7.11 Å². The topological polar surface area (TPSA) is 29.5 Å². The van der Waals surface area contributed by atoms with E-state index in [4.69, 9.17) is 0 Å². The summed E-state index contributed by atoms with van der Waals surface area (Å²) >= 11 is 0. The summed E-state index contributed by atoms with van der Waals surface area (Å²) < 4.78 is 4.68. The van der Waals surface area contributed by atoms with Crippen molar-refractivity contribution < 1.29 is 9.53 Å². The van der Waals surface area contributed by atoms with Gasteiger partial charge in [0.1, 0.15) is 0 Å². The first-order valence-corrected chi connectivity index (χ1v) is 4.61. The lowest BCUT2D eigenvalue weighted by molar-refractivity contribution is 0.0601. The lowest BCUT2D eigenvalue weighted by atomic mass is 10.1. The van der Waals surface area contributed by atoms with E-state index in [1.807, 2.05) is 25.1 Å². The van der Waals surface area contributed by atoms with Crippen LogP contribution in [-0.4, -0.2) is 27.2 Å². The second kappa shape index (κ2) is 4.64. The van der Waals surface area contributed by atoms with Gasteiger partial charge in [0.25, 0.3) is 0 Å². The largest absolute Gasteiger partial charge is 0.465 e. The Kier molecular flexibility index (Phi) is 3.50. The summed E-state index contributed by atoms with van der Waals surface area (Å²) in [5.41, 5.74) is 2.40. The monoisotopic (exact) mass is 205 g/mol. The standard InChI is InChI=1S/C12H15NO2/c1-5-9-6-10(12(14)15-4)8-11(7-9)13(2)3/h5-8H,1H2,2-4H3. The number of nitrogens with zero attached hydrogens (tertiary/aromatic N) is 1. The molecule has 0 saturated carbocycles. The van der Waals surface area contributed by atoms with Crippen molar-refractivity contribution in [1.82, 2.24) is 0 Å². The Hall–Kier alpha value is -1.77. The van der Waals surface area contributed by atoms with E-state index in [1.54, 1.807) is 18.2 Å². The number of carbonyl (C=O) groups is 1. The van der Waals surface area contributed by atoms with Gasteiger partial charge in [0.2, 0.25) is 0 Å². The average Bonchev–Trinajstić information content (AvgIpc) is 2.27. The number of benzene rings is 1. The molecule has 0 radical (unpaired) electrons. The fraction of sp³-hybridized carbons (Fsp3) is 0.250. The zero-order valence-electron chi connectivity index (χ0n) is 9.28. The van der Waals surface area contributed by atoms with Crippen molar-refractivity contribution in [2.75, 3.05) is 26.1 Å². The highest BCUT2D eigenvalue weighted by Crippen LogP contribution is 2.18. The predicted octanol–water partition coefficient (Wildman–Crippen LogP) is 2.18. The Bertz CT molecular complexity index is 383. The number of methoxy groups -OCH3 is 1. The number of carbonyl (C=O) groups excluding carboxylic acids is 1. The fourth-order valence-electron chi connectivity index (χ4n) is 1.25. The van der Waals surface area contributed by atoms with E-state index in [9.17, 15) is 4.79 Å². The van der Waals surface area contributed by atoms with Gasteiger partial charge in [-0.15, -0.1) is 0 Å². The van der Waals surface area contributed by atoms with Gasteiger partial charge >= 0.3 is 5.97 Å². The van der Waals surface area contributed by atoms with Crippen LogP contribution in [0.2, 0.25) is 0 Å². The Morgan fingerprint density at radius 3 is 2.53 bits per heavy atom. The molecule has 0 unspecified atom stereocenters. The second-order valence-electron chi connectivity index (χ2n) is 3.40. The Labute approximate surface area is 90.0 Å². The van der Waals surface area contributed by atoms with Crippen LogP contribution in [0.15, 0.2) is 24.8 Å². The zero-order chi connectivity index (χ0) is 11.4. The van der Waals surface area contributed by atoms with Crippen LogP contribution in [0.4, 0.5) is 5.69 Å². The maximum absolute atomic E-state index is 11.4. The Balaban J connectivity index is 3.22. The van der Waals surface area contributed by atoms with Gasteiger partial charge in [-0.25, -0.2) is 4.79 Å². The highest BCUT2D eigenvalue weighted by molar-refractivity contribution is 5.91. The van der Waals surface area contributed by atoms with Gasteiger partial charge < -0.3 is 9.64 Å². The van der Waals surface area contributed by atoms with Crippen molar-refractivity contribution in [3.05, 3.63) is 35.9 Å². The number of anilines is 1. The predicted molar refractivity (Wildman–Crippen MR) is 62.2 cm³/mol. The molecule has 0 aliphatic heterocycles. The van der Waals surface area contributed by atoms with Gasteiger partial charge in [0.15, 0.2) is 0 Å². The minimum atomic E-state index is -0.332. The Morgan fingerprint density at radius 2 is 2.07 bits per heavy atom. The summed E-state index contributed by atoms with van der Waals surface area (Å²) in [4.78, 5) is 13.3. The van der Waals surface area contributed by atoms with Gasteiger partial charge in [0, 0.05) is 19.8 Å². The van der Waals surface area contributed by atoms with E-state index >= 15 is 0 Å². The molecule has 0 aliphatic rings. The van der Waals surface area contributed by atoms with Gasteiger partial charge in [-0.05, 0) is 23.8 Å². The molecule has 3 nitrogen and oxygen atoms in total. The molecule has 0 aliphatic carbocycles. The molecule has 1 rings (SSSR count). The molecule has 1 aromatic carbocycles. The molecule has 0 fully saturated rings. The van der Waals surface area contributed by atoms with Crippen molar-refractivity contribution in [1.29, 1.82) is 0 Å². The number of rotatable bonds is 3. The molecule has 15 heavy (non-hydrogen) atoms. The number of ether oxygens (including phenoxy) is 1. The van der Waals surface area contributed by atoms with Crippen LogP contribution in [0.1, 0.15) is 15.9 Å². The SMILES string of the molecule is C=Cc1cc(C(=O)OC)cc(N(C)C)c1. The minimum absolute atomic E-state index is 0.332. The van der Waals surface area contributed by atoms with E-state index in [2.05, 4.69) is 11.3 Å². The van der Waals surface area contributed by atoms with Gasteiger partial charge in [-0.2, -0.15) is 0 Å². The lowest BCUT2D eigenvalue weighted by Gasteiger charge is -2.14. The van der Waals surface area contributed by atoms with Crippen LogP contribution < -0.4 is 4.90 Å². The minimum Gasteiger partial charge on any atom is -0.465 e. The van der Waals surface area contributed by atoms with Gasteiger partial charge in [-0.3, -0.25) is 0 Å². The van der Waals surface area contributed by atoms with Crippen LogP contribution in [0.5, 0.6) is 0 Å². The maximum Gasteiger partial charge on any atom is 0.337 e. The van der Waals surface area contributed by atoms with Crippen molar-refractivity contribution in [2.45, 2.75) is 0 Å². The molecule has 0 heterocycles. The molecule has 0 atom stereocenters. The van der Waals surface area contributed by atoms with Crippen LogP contribution in [0, 0.1) is 0 Å².